The van der Waals surface area contributed by atoms with E-state index in [2.05, 4.69) is 26.2 Å². The minimum Gasteiger partial charge on any atom is -0.324 e. The number of fused-ring (bicyclic) bond motifs is 1. The normalized spacial score (nSPS) is 18.0. The van der Waals surface area contributed by atoms with Crippen LogP contribution in [0.15, 0.2) is 35.3 Å². The van der Waals surface area contributed by atoms with Crippen LogP contribution in [0.25, 0.3) is 5.69 Å². The molecule has 1 aromatic carbocycles. The first-order valence-electron chi connectivity index (χ1n) is 5.05. The average molecular weight is 293 g/mol. The maximum atomic E-state index is 11.5. The predicted molar refractivity (Wildman–Crippen MR) is 66.8 cm³/mol. The van der Waals surface area contributed by atoms with Gasteiger partial charge in [-0.15, -0.1) is 0 Å². The maximum absolute atomic E-state index is 11.5. The number of carbonyl (C=O) groups excluding carboxylic acids is 1. The Morgan fingerprint density at radius 2 is 2.29 bits per heavy atom. The van der Waals surface area contributed by atoms with E-state index >= 15 is 0 Å². The molecule has 2 heterocycles. The topological polar surface area (TPSA) is 72.9 Å². The summed E-state index contributed by atoms with van der Waals surface area (Å²) in [6.07, 6.45) is 5.23. The SMILES string of the molecule is NC1C(=O)Nc2cc(-n3ccnc3)c(Br)cc21. The number of rotatable bonds is 1. The Bertz CT molecular complexity index is 594. The quantitative estimate of drug-likeness (QED) is 0.838. The lowest BCUT2D eigenvalue weighted by atomic mass is 10.1. The highest BCUT2D eigenvalue weighted by Gasteiger charge is 2.28. The summed E-state index contributed by atoms with van der Waals surface area (Å²) in [4.78, 5) is 15.5. The van der Waals surface area contributed by atoms with Gasteiger partial charge < -0.3 is 15.6 Å². The molecule has 0 radical (unpaired) electrons. The standard InChI is InChI=1S/C11H9BrN4O/c12-7-3-6-8(15-11(17)10(6)13)4-9(7)16-2-1-14-5-16/h1-5,10H,13H2,(H,15,17). The number of anilines is 1. The minimum atomic E-state index is -0.585. The second kappa shape index (κ2) is 3.68. The van der Waals surface area contributed by atoms with Crippen LogP contribution in [0, 0.1) is 0 Å². The zero-order valence-electron chi connectivity index (χ0n) is 8.72. The largest absolute Gasteiger partial charge is 0.324 e. The Kier molecular flexibility index (Phi) is 2.27. The van der Waals surface area contributed by atoms with Gasteiger partial charge in [0.2, 0.25) is 5.91 Å². The summed E-state index contributed by atoms with van der Waals surface area (Å²) in [7, 11) is 0. The van der Waals surface area contributed by atoms with Gasteiger partial charge in [0, 0.05) is 28.1 Å². The molecule has 86 valence electrons. The Morgan fingerprint density at radius 3 is 3.00 bits per heavy atom. The van der Waals surface area contributed by atoms with E-state index in [1.165, 1.54) is 0 Å². The zero-order valence-corrected chi connectivity index (χ0v) is 10.3. The van der Waals surface area contributed by atoms with Gasteiger partial charge in [0.15, 0.2) is 0 Å². The van der Waals surface area contributed by atoms with Gasteiger partial charge in [-0.2, -0.15) is 0 Å². The molecule has 3 rings (SSSR count). The van der Waals surface area contributed by atoms with Gasteiger partial charge in [-0.3, -0.25) is 4.79 Å². The first-order valence-corrected chi connectivity index (χ1v) is 5.84. The Balaban J connectivity index is 2.16. The first-order chi connectivity index (χ1) is 8.16. The van der Waals surface area contributed by atoms with Crippen molar-refractivity contribution in [2.45, 2.75) is 6.04 Å². The third-order valence-electron chi connectivity index (χ3n) is 2.78. The Hall–Kier alpha value is -1.66. The number of benzene rings is 1. The summed E-state index contributed by atoms with van der Waals surface area (Å²) in [5.74, 6) is -0.172. The number of hydrogen-bond acceptors (Lipinski definition) is 3. The van der Waals surface area contributed by atoms with Crippen LogP contribution in [0.3, 0.4) is 0 Å². The molecule has 17 heavy (non-hydrogen) atoms. The molecule has 3 N–H and O–H groups in total. The minimum absolute atomic E-state index is 0.172. The summed E-state index contributed by atoms with van der Waals surface area (Å²) >= 11 is 3.48. The first kappa shape index (κ1) is 10.5. The van der Waals surface area contributed by atoms with Crippen molar-refractivity contribution in [1.29, 1.82) is 0 Å². The number of imidazole rings is 1. The molecule has 1 aliphatic heterocycles. The number of nitrogens with zero attached hydrogens (tertiary/aromatic N) is 2. The predicted octanol–water partition coefficient (Wildman–Crippen LogP) is 1.59. The average Bonchev–Trinajstić information content (AvgIpc) is 2.90. The van der Waals surface area contributed by atoms with Gasteiger partial charge >= 0.3 is 0 Å². The van der Waals surface area contributed by atoms with Crippen molar-refractivity contribution in [1.82, 2.24) is 9.55 Å². The molecule has 0 bridgehead atoms. The van der Waals surface area contributed by atoms with Crippen molar-refractivity contribution in [3.8, 4) is 5.69 Å². The van der Waals surface area contributed by atoms with Crippen LogP contribution in [-0.2, 0) is 4.79 Å². The van der Waals surface area contributed by atoms with E-state index in [1.54, 1.807) is 12.5 Å². The number of nitrogens with one attached hydrogen (secondary N) is 1. The van der Waals surface area contributed by atoms with Crippen molar-refractivity contribution in [2.75, 3.05) is 5.32 Å². The van der Waals surface area contributed by atoms with Crippen LogP contribution in [0.4, 0.5) is 5.69 Å². The molecule has 0 aliphatic carbocycles. The molecule has 1 aliphatic rings. The molecule has 0 saturated carbocycles. The van der Waals surface area contributed by atoms with E-state index in [-0.39, 0.29) is 5.91 Å². The van der Waals surface area contributed by atoms with Crippen LogP contribution in [-0.4, -0.2) is 15.5 Å². The summed E-state index contributed by atoms with van der Waals surface area (Å²) < 4.78 is 2.74. The molecule has 2 aromatic rings. The number of halogens is 1. The van der Waals surface area contributed by atoms with E-state index in [4.69, 9.17) is 5.73 Å². The molecule has 1 amide bonds. The van der Waals surface area contributed by atoms with Crippen LogP contribution < -0.4 is 11.1 Å². The highest BCUT2D eigenvalue weighted by Crippen LogP contribution is 2.35. The maximum Gasteiger partial charge on any atom is 0.245 e. The summed E-state index contributed by atoms with van der Waals surface area (Å²) in [5, 5.41) is 2.76. The Morgan fingerprint density at radius 1 is 1.47 bits per heavy atom. The lowest BCUT2D eigenvalue weighted by Gasteiger charge is -2.09. The second-order valence-corrected chi connectivity index (χ2v) is 4.68. The van der Waals surface area contributed by atoms with Crippen molar-refractivity contribution in [3.05, 3.63) is 40.9 Å². The fraction of sp³-hybridized carbons (Fsp3) is 0.0909. The third kappa shape index (κ3) is 1.57. The van der Waals surface area contributed by atoms with Crippen molar-refractivity contribution >= 4 is 27.5 Å². The number of amides is 1. The lowest BCUT2D eigenvalue weighted by molar-refractivity contribution is -0.116. The number of aromatic nitrogens is 2. The van der Waals surface area contributed by atoms with Crippen LogP contribution in [0.5, 0.6) is 0 Å². The van der Waals surface area contributed by atoms with E-state index in [1.807, 2.05) is 22.9 Å². The van der Waals surface area contributed by atoms with Crippen LogP contribution in [0.2, 0.25) is 0 Å². The number of hydrogen-bond donors (Lipinski definition) is 2. The smallest absolute Gasteiger partial charge is 0.245 e. The number of carbonyl (C=O) groups is 1. The molecular weight excluding hydrogens is 284 g/mol. The third-order valence-corrected chi connectivity index (χ3v) is 3.41. The molecule has 5 nitrogen and oxygen atoms in total. The van der Waals surface area contributed by atoms with E-state index in [9.17, 15) is 4.79 Å². The summed E-state index contributed by atoms with van der Waals surface area (Å²) in [6.45, 7) is 0. The van der Waals surface area contributed by atoms with Gasteiger partial charge in [-0.25, -0.2) is 4.98 Å². The van der Waals surface area contributed by atoms with Gasteiger partial charge in [-0.1, -0.05) is 0 Å². The van der Waals surface area contributed by atoms with Gasteiger partial charge in [0.1, 0.15) is 6.04 Å². The molecule has 1 atom stereocenters. The van der Waals surface area contributed by atoms with Crippen LogP contribution in [0.1, 0.15) is 11.6 Å². The fourth-order valence-electron chi connectivity index (χ4n) is 1.89. The van der Waals surface area contributed by atoms with Gasteiger partial charge in [0.25, 0.3) is 0 Å². The number of nitrogens with two attached hydrogens (primary N) is 1. The molecule has 6 heteroatoms. The molecule has 0 fully saturated rings. The molecule has 0 spiro atoms. The van der Waals surface area contributed by atoms with Crippen molar-refractivity contribution in [2.24, 2.45) is 5.73 Å². The highest BCUT2D eigenvalue weighted by molar-refractivity contribution is 9.10. The highest BCUT2D eigenvalue weighted by atomic mass is 79.9. The lowest BCUT2D eigenvalue weighted by Crippen LogP contribution is -2.19. The van der Waals surface area contributed by atoms with Gasteiger partial charge in [-0.05, 0) is 28.1 Å². The summed E-state index contributed by atoms with van der Waals surface area (Å²) in [5.41, 5.74) is 8.26. The van der Waals surface area contributed by atoms with Crippen molar-refractivity contribution in [3.63, 3.8) is 0 Å². The fourth-order valence-corrected chi connectivity index (χ4v) is 2.46. The summed E-state index contributed by atoms with van der Waals surface area (Å²) in [6, 6.07) is 3.16. The molecule has 1 unspecified atom stereocenters. The molecule has 1 aromatic heterocycles. The van der Waals surface area contributed by atoms with E-state index in [0.717, 1.165) is 21.4 Å². The monoisotopic (exact) mass is 292 g/mol. The zero-order chi connectivity index (χ0) is 12.0. The molecule has 0 saturated heterocycles. The second-order valence-electron chi connectivity index (χ2n) is 3.83. The van der Waals surface area contributed by atoms with Crippen LogP contribution >= 0.6 is 15.9 Å². The Labute approximate surface area is 106 Å². The van der Waals surface area contributed by atoms with E-state index in [0.29, 0.717) is 0 Å². The van der Waals surface area contributed by atoms with E-state index < -0.39 is 6.04 Å². The van der Waals surface area contributed by atoms with Gasteiger partial charge in [0.05, 0.1) is 12.0 Å². The van der Waals surface area contributed by atoms with Crippen molar-refractivity contribution < 1.29 is 4.79 Å². The molecular formula is C11H9BrN4O.